The first-order valence-electron chi connectivity index (χ1n) is 5.95. The van der Waals surface area contributed by atoms with E-state index in [0.717, 1.165) is 12.2 Å². The van der Waals surface area contributed by atoms with Gasteiger partial charge in [0, 0.05) is 20.2 Å². The molecule has 0 atom stereocenters. The second-order valence-electron chi connectivity index (χ2n) is 3.76. The number of carbonyl (C=O) groups is 1. The SMILES string of the molecule is COCCNc1nc(N)c(C(=O)NCCCSC)s1. The molecule has 1 aromatic heterocycles. The zero-order chi connectivity index (χ0) is 14.1. The van der Waals surface area contributed by atoms with Crippen LogP contribution in [0.5, 0.6) is 0 Å². The lowest BCUT2D eigenvalue weighted by molar-refractivity contribution is 0.0958. The van der Waals surface area contributed by atoms with Crippen LogP contribution in [0.1, 0.15) is 16.1 Å². The molecule has 8 heteroatoms. The van der Waals surface area contributed by atoms with Crippen LogP contribution in [-0.2, 0) is 4.74 Å². The Kier molecular flexibility index (Phi) is 7.61. The van der Waals surface area contributed by atoms with Crippen molar-refractivity contribution < 1.29 is 9.53 Å². The van der Waals surface area contributed by atoms with Gasteiger partial charge >= 0.3 is 0 Å². The molecule has 0 spiro atoms. The predicted octanol–water partition coefficient (Wildman–Crippen LogP) is 1.27. The highest BCUT2D eigenvalue weighted by Crippen LogP contribution is 2.24. The number of thiazole rings is 1. The van der Waals surface area contributed by atoms with Crippen molar-refractivity contribution in [3.05, 3.63) is 4.88 Å². The number of aromatic nitrogens is 1. The lowest BCUT2D eigenvalue weighted by Gasteiger charge is -2.02. The Morgan fingerprint density at radius 2 is 2.32 bits per heavy atom. The molecule has 1 heterocycles. The zero-order valence-electron chi connectivity index (χ0n) is 11.2. The van der Waals surface area contributed by atoms with Crippen LogP contribution < -0.4 is 16.4 Å². The number of nitrogens with two attached hydrogens (primary N) is 1. The fourth-order valence-corrected chi connectivity index (χ4v) is 2.59. The van der Waals surface area contributed by atoms with E-state index < -0.39 is 0 Å². The molecule has 4 N–H and O–H groups in total. The van der Waals surface area contributed by atoms with E-state index in [4.69, 9.17) is 10.5 Å². The molecule has 1 rings (SSSR count). The Labute approximate surface area is 121 Å². The molecule has 0 aliphatic heterocycles. The number of amides is 1. The largest absolute Gasteiger partial charge is 0.383 e. The van der Waals surface area contributed by atoms with E-state index >= 15 is 0 Å². The minimum Gasteiger partial charge on any atom is -0.383 e. The van der Waals surface area contributed by atoms with Crippen molar-refractivity contribution in [2.24, 2.45) is 0 Å². The number of rotatable bonds is 9. The summed E-state index contributed by atoms with van der Waals surface area (Å²) in [5.74, 6) is 1.14. The van der Waals surface area contributed by atoms with Crippen LogP contribution in [0.25, 0.3) is 0 Å². The Morgan fingerprint density at radius 3 is 3.00 bits per heavy atom. The van der Waals surface area contributed by atoms with Crippen LogP contribution in [0, 0.1) is 0 Å². The number of nitrogens with one attached hydrogen (secondary N) is 2. The van der Waals surface area contributed by atoms with Crippen LogP contribution >= 0.6 is 23.1 Å². The van der Waals surface area contributed by atoms with Gasteiger partial charge in [-0.05, 0) is 18.4 Å². The van der Waals surface area contributed by atoms with Crippen LogP contribution in [0.15, 0.2) is 0 Å². The Morgan fingerprint density at radius 1 is 1.53 bits per heavy atom. The molecule has 0 aromatic carbocycles. The molecule has 0 unspecified atom stereocenters. The van der Waals surface area contributed by atoms with Gasteiger partial charge in [-0.3, -0.25) is 4.79 Å². The van der Waals surface area contributed by atoms with Gasteiger partial charge in [-0.15, -0.1) is 0 Å². The lowest BCUT2D eigenvalue weighted by atomic mass is 10.4. The highest BCUT2D eigenvalue weighted by Gasteiger charge is 2.15. The van der Waals surface area contributed by atoms with Crippen molar-refractivity contribution in [3.63, 3.8) is 0 Å². The number of methoxy groups -OCH3 is 1. The van der Waals surface area contributed by atoms with E-state index in [0.29, 0.717) is 29.7 Å². The monoisotopic (exact) mass is 304 g/mol. The summed E-state index contributed by atoms with van der Waals surface area (Å²) in [6.07, 6.45) is 2.99. The van der Waals surface area contributed by atoms with E-state index in [1.165, 1.54) is 11.3 Å². The van der Waals surface area contributed by atoms with Gasteiger partial charge in [-0.1, -0.05) is 11.3 Å². The highest BCUT2D eigenvalue weighted by atomic mass is 32.2. The van der Waals surface area contributed by atoms with Crippen LogP contribution in [-0.4, -0.2) is 49.7 Å². The van der Waals surface area contributed by atoms with E-state index in [2.05, 4.69) is 15.6 Å². The summed E-state index contributed by atoms with van der Waals surface area (Å²) in [4.78, 5) is 16.5. The third kappa shape index (κ3) is 5.66. The summed E-state index contributed by atoms with van der Waals surface area (Å²) < 4.78 is 4.93. The second-order valence-corrected chi connectivity index (χ2v) is 5.74. The number of ether oxygens (including phenoxy) is 1. The van der Waals surface area contributed by atoms with Crippen molar-refractivity contribution in [1.82, 2.24) is 10.3 Å². The van der Waals surface area contributed by atoms with Gasteiger partial charge in [0.05, 0.1) is 6.61 Å². The summed E-state index contributed by atoms with van der Waals surface area (Å²) in [6, 6.07) is 0. The van der Waals surface area contributed by atoms with Crippen molar-refractivity contribution in [2.45, 2.75) is 6.42 Å². The smallest absolute Gasteiger partial charge is 0.265 e. The Balaban J connectivity index is 2.45. The fraction of sp³-hybridized carbons (Fsp3) is 0.636. The van der Waals surface area contributed by atoms with E-state index in [1.54, 1.807) is 18.9 Å². The van der Waals surface area contributed by atoms with Gasteiger partial charge in [-0.2, -0.15) is 11.8 Å². The van der Waals surface area contributed by atoms with Gasteiger partial charge < -0.3 is 21.1 Å². The number of nitrogens with zero attached hydrogens (tertiary/aromatic N) is 1. The van der Waals surface area contributed by atoms with Crippen LogP contribution in [0.2, 0.25) is 0 Å². The highest BCUT2D eigenvalue weighted by molar-refractivity contribution is 7.98. The minimum atomic E-state index is -0.157. The van der Waals surface area contributed by atoms with Gasteiger partial charge in [0.2, 0.25) is 0 Å². The average Bonchev–Trinajstić information content (AvgIpc) is 2.76. The molecule has 0 saturated carbocycles. The average molecular weight is 304 g/mol. The number of hydrogen-bond acceptors (Lipinski definition) is 7. The maximum absolute atomic E-state index is 11.9. The maximum atomic E-state index is 11.9. The molecule has 19 heavy (non-hydrogen) atoms. The van der Waals surface area contributed by atoms with Gasteiger partial charge in [0.1, 0.15) is 10.7 Å². The molecule has 6 nitrogen and oxygen atoms in total. The summed E-state index contributed by atoms with van der Waals surface area (Å²) in [6.45, 7) is 1.87. The Bertz CT molecular complexity index is 398. The predicted molar refractivity (Wildman–Crippen MR) is 82.2 cm³/mol. The van der Waals surface area contributed by atoms with Crippen molar-refractivity contribution in [3.8, 4) is 0 Å². The molecular weight excluding hydrogens is 284 g/mol. The summed E-state index contributed by atoms with van der Waals surface area (Å²) in [5, 5.41) is 6.54. The number of thioether (sulfide) groups is 1. The normalized spacial score (nSPS) is 10.4. The number of carbonyl (C=O) groups excluding carboxylic acids is 1. The standard InChI is InChI=1S/C11H20N4O2S2/c1-17-6-5-14-11-15-9(12)8(19-11)10(16)13-4-3-7-18-2/h3-7,12H2,1-2H3,(H,13,16)(H,14,15). The third-order valence-corrected chi connectivity index (χ3v) is 3.98. The fourth-order valence-electron chi connectivity index (χ4n) is 1.33. The molecule has 108 valence electrons. The van der Waals surface area contributed by atoms with Gasteiger partial charge in [0.25, 0.3) is 5.91 Å². The first-order valence-corrected chi connectivity index (χ1v) is 8.16. The van der Waals surface area contributed by atoms with Gasteiger partial charge in [-0.25, -0.2) is 4.98 Å². The first-order chi connectivity index (χ1) is 9.19. The van der Waals surface area contributed by atoms with Crippen molar-refractivity contribution in [2.75, 3.05) is 49.9 Å². The molecule has 0 saturated heterocycles. The van der Waals surface area contributed by atoms with E-state index in [9.17, 15) is 4.79 Å². The first kappa shape index (κ1) is 16.1. The Hall–Kier alpha value is -0.990. The zero-order valence-corrected chi connectivity index (χ0v) is 12.8. The number of hydrogen-bond donors (Lipinski definition) is 3. The van der Waals surface area contributed by atoms with Crippen molar-refractivity contribution in [1.29, 1.82) is 0 Å². The minimum absolute atomic E-state index is 0.157. The molecule has 0 aliphatic carbocycles. The van der Waals surface area contributed by atoms with E-state index in [1.807, 2.05) is 6.26 Å². The molecular formula is C11H20N4O2S2. The number of anilines is 2. The van der Waals surface area contributed by atoms with Crippen LogP contribution in [0.4, 0.5) is 10.9 Å². The molecule has 1 aromatic rings. The quantitative estimate of drug-likeness (QED) is 0.595. The number of nitrogen functional groups attached to an aromatic ring is 1. The summed E-state index contributed by atoms with van der Waals surface area (Å²) in [5.41, 5.74) is 5.74. The summed E-state index contributed by atoms with van der Waals surface area (Å²) >= 11 is 3.02. The molecule has 0 fully saturated rings. The maximum Gasteiger partial charge on any atom is 0.265 e. The van der Waals surface area contributed by atoms with E-state index in [-0.39, 0.29) is 11.7 Å². The second kappa shape index (κ2) is 9.00. The topological polar surface area (TPSA) is 89.3 Å². The molecule has 0 bridgehead atoms. The lowest BCUT2D eigenvalue weighted by Crippen LogP contribution is -2.24. The van der Waals surface area contributed by atoms with Gasteiger partial charge in [0.15, 0.2) is 5.13 Å². The molecule has 0 aliphatic rings. The van der Waals surface area contributed by atoms with Crippen LogP contribution in [0.3, 0.4) is 0 Å². The van der Waals surface area contributed by atoms with Crippen molar-refractivity contribution >= 4 is 40.0 Å². The summed E-state index contributed by atoms with van der Waals surface area (Å²) in [7, 11) is 1.63. The molecule has 1 amide bonds. The molecule has 0 radical (unpaired) electrons. The third-order valence-electron chi connectivity index (χ3n) is 2.25.